The third kappa shape index (κ3) is 38.4. The van der Waals surface area contributed by atoms with Crippen LogP contribution >= 0.6 is 31.2 Å². The molecule has 11 heterocycles. The van der Waals surface area contributed by atoms with Crippen LogP contribution < -0.4 is 27.7 Å². The van der Waals surface area contributed by atoms with Gasteiger partial charge in [0.1, 0.15) is 24.7 Å². The average Bonchev–Trinajstić information content (AvgIpc) is 3.15. The quantitative estimate of drug-likeness (QED) is 0.0863. The molecule has 2 aromatic carbocycles. The van der Waals surface area contributed by atoms with Crippen molar-refractivity contribution in [2.75, 3.05) is 13.2 Å². The minimum Gasteiger partial charge on any atom is -0.487 e. The monoisotopic (exact) mass is 1160 g/mol. The molecule has 7 aliphatic rings. The van der Waals surface area contributed by atoms with E-state index >= 15 is 0 Å². The molecule has 34 heteroatoms. The second-order valence-corrected chi connectivity index (χ2v) is 22.7. The molecule has 12 bridgehead atoms. The Bertz CT molecular complexity index is 2480. The maximum atomic E-state index is 9.87. The summed E-state index contributed by atoms with van der Waals surface area (Å²) in [5.41, 5.74) is 7.36. The number of halogens is 24. The molecule has 0 atom stereocenters. The third-order valence-electron chi connectivity index (χ3n) is 8.01. The van der Waals surface area contributed by atoms with E-state index in [2.05, 4.69) is 141 Å². The number of nitrogens with zero attached hydrogens (tertiary/aromatic N) is 4. The Hall–Kier alpha value is -5.32. The maximum Gasteiger partial charge on any atom is 0.182 e. The Morgan fingerprint density at radius 3 is 0.722 bits per heavy atom. The van der Waals surface area contributed by atoms with Gasteiger partial charge in [0.2, 0.25) is 0 Å². The minimum atomic E-state index is -10.7. The van der Waals surface area contributed by atoms with Gasteiger partial charge in [0.25, 0.3) is 0 Å². The first-order valence-electron chi connectivity index (χ1n) is 19.2. The zero-order chi connectivity index (χ0) is 55.2. The molecule has 13 rings (SSSR count). The summed E-state index contributed by atoms with van der Waals surface area (Å²) in [5, 5.41) is 0. The predicted octanol–water partition coefficient (Wildman–Crippen LogP) is 18.3. The van der Waals surface area contributed by atoms with Crippen molar-refractivity contribution in [1.29, 1.82) is 0 Å². The van der Waals surface area contributed by atoms with Crippen molar-refractivity contribution in [2.45, 2.75) is 26.2 Å². The second-order valence-electron chi connectivity index (χ2n) is 15.0. The summed E-state index contributed by atoms with van der Waals surface area (Å²) in [6.45, 7) is 4.38. The maximum absolute atomic E-state index is 10.7. The number of fused-ring (bicyclic) bond motifs is 3. The minimum absolute atomic E-state index is 0.589. The van der Waals surface area contributed by atoms with Gasteiger partial charge in [-0.2, -0.15) is 0 Å². The first kappa shape index (κ1) is 61.0. The molecule has 4 aromatic heterocycles. The van der Waals surface area contributed by atoms with E-state index in [4.69, 9.17) is 9.47 Å². The molecule has 72 heavy (non-hydrogen) atoms. The van der Waals surface area contributed by atoms with E-state index in [1.54, 1.807) is 0 Å². The molecule has 6 aromatic rings. The van der Waals surface area contributed by atoms with E-state index in [1.165, 1.54) is 33.4 Å². The summed E-state index contributed by atoms with van der Waals surface area (Å²) in [4.78, 5) is 0. The van der Waals surface area contributed by atoms with E-state index in [1.807, 2.05) is 24.3 Å². The topological polar surface area (TPSA) is 34.0 Å². The SMILES string of the molecule is F[P-](F)(F)(F)(F)F.F[P-](F)(F)(F)(F)F.F[P-](F)(F)(F)(F)F.F[P-](F)(F)(F)(F)F.c1cc2cc(c1)C[n+]1ccc(cc1)-c1cc[n+](cc1)CCOc1ccc(cc1)OCC[n+]1ccc(cc1)-c1cc[n+](cc1)C2. The van der Waals surface area contributed by atoms with Gasteiger partial charge in [0.15, 0.2) is 75.8 Å². The van der Waals surface area contributed by atoms with Gasteiger partial charge in [-0.1, -0.05) is 18.2 Å². The zero-order valence-corrected chi connectivity index (χ0v) is 39.1. The normalized spacial score (nSPS) is 17.1. The third-order valence-corrected chi connectivity index (χ3v) is 8.01. The van der Waals surface area contributed by atoms with Gasteiger partial charge in [-0.3, -0.25) is 0 Å². The fourth-order valence-electron chi connectivity index (χ4n) is 5.53. The van der Waals surface area contributed by atoms with E-state index in [0.29, 0.717) is 13.2 Å². The molecular weight excluding hydrogens is 1120 g/mol. The van der Waals surface area contributed by atoms with Gasteiger partial charge >= 0.3 is 132 Å². The first-order chi connectivity index (χ1) is 31.5. The largest absolute Gasteiger partial charge is 0.487 e. The fraction of sp³-hybridized carbons (Fsp3) is 0.158. The Kier molecular flexibility index (Phi) is 15.5. The summed E-state index contributed by atoms with van der Waals surface area (Å²) >= 11 is 0. The van der Waals surface area contributed by atoms with Crippen molar-refractivity contribution in [2.24, 2.45) is 0 Å². The number of aromatic nitrogens is 4. The summed E-state index contributed by atoms with van der Waals surface area (Å²) in [6, 6.07) is 34.1. The number of benzene rings is 2. The van der Waals surface area contributed by atoms with Crippen LogP contribution in [0.5, 0.6) is 11.5 Å². The molecular formula is C38H36F24N4O2P4. The van der Waals surface area contributed by atoms with Crippen LogP contribution in [0.15, 0.2) is 147 Å². The summed E-state index contributed by atoms with van der Waals surface area (Å²) in [6.07, 6.45) is 17.1. The van der Waals surface area contributed by atoms with Crippen molar-refractivity contribution in [3.8, 4) is 33.8 Å². The molecule has 0 amide bonds. The predicted molar refractivity (Wildman–Crippen MR) is 221 cm³/mol. The summed E-state index contributed by atoms with van der Waals surface area (Å²) in [5.74, 6) is 1.68. The van der Waals surface area contributed by atoms with Crippen LogP contribution in [0.1, 0.15) is 11.1 Å². The Labute approximate surface area is 390 Å². The standard InChI is InChI=1S/C38H36N4O2.4F6P/c1-2-31-28-32(3-1)30-42-22-14-36(15-23-42)34-10-18-40(19-11-34)25-27-44-38-6-4-37(5-7-38)43-26-24-39-16-8-33(9-17-39)35-12-20-41(29-31)21-13-35;4*1-7(2,3,4,5)6/h1-23,28H,24-27,29-30H2;;;;/q+4;4*-1. The molecule has 0 saturated heterocycles. The Balaban J connectivity index is 0.000000399. The molecule has 0 saturated carbocycles. The number of pyridine rings is 4. The number of hydrogen-bond donors (Lipinski definition) is 0. The molecule has 408 valence electrons. The zero-order valence-electron chi connectivity index (χ0n) is 35.6. The van der Waals surface area contributed by atoms with Crippen LogP contribution in [-0.4, -0.2) is 13.2 Å². The molecule has 6 nitrogen and oxygen atoms in total. The van der Waals surface area contributed by atoms with Crippen molar-refractivity contribution in [3.05, 3.63) is 158 Å². The van der Waals surface area contributed by atoms with Crippen molar-refractivity contribution in [3.63, 3.8) is 0 Å². The molecule has 0 N–H and O–H groups in total. The van der Waals surface area contributed by atoms with E-state index in [9.17, 15) is 101 Å². The molecule has 0 unspecified atom stereocenters. The van der Waals surface area contributed by atoms with Crippen LogP contribution in [0.3, 0.4) is 0 Å². The number of rotatable bonds is 0. The van der Waals surface area contributed by atoms with Gasteiger partial charge in [-0.25, -0.2) is 18.3 Å². The van der Waals surface area contributed by atoms with Crippen LogP contribution in [0.25, 0.3) is 22.3 Å². The Morgan fingerprint density at radius 1 is 0.292 bits per heavy atom. The number of ether oxygens (including phenoxy) is 2. The van der Waals surface area contributed by atoms with E-state index < -0.39 is 31.2 Å². The fourth-order valence-corrected chi connectivity index (χ4v) is 5.53. The second kappa shape index (κ2) is 18.3. The van der Waals surface area contributed by atoms with Gasteiger partial charge in [-0.15, -0.1) is 0 Å². The first-order valence-corrected chi connectivity index (χ1v) is 27.3. The van der Waals surface area contributed by atoms with E-state index in [0.717, 1.165) is 37.7 Å². The smallest absolute Gasteiger partial charge is 0.182 e. The van der Waals surface area contributed by atoms with Crippen molar-refractivity contribution < 1.29 is 128 Å². The van der Waals surface area contributed by atoms with Gasteiger partial charge < -0.3 is 9.47 Å². The van der Waals surface area contributed by atoms with Crippen LogP contribution in [-0.2, 0) is 26.2 Å². The molecule has 7 aliphatic heterocycles. The van der Waals surface area contributed by atoms with E-state index in [-0.39, 0.29) is 0 Å². The van der Waals surface area contributed by atoms with Crippen LogP contribution in [0.2, 0.25) is 0 Å². The molecule has 0 radical (unpaired) electrons. The van der Waals surface area contributed by atoms with Crippen molar-refractivity contribution >= 4 is 31.2 Å². The van der Waals surface area contributed by atoms with Gasteiger partial charge in [-0.05, 0) is 52.6 Å². The summed E-state index contributed by atoms with van der Waals surface area (Å²) < 4.78 is 258. The van der Waals surface area contributed by atoms with Crippen molar-refractivity contribution in [1.82, 2.24) is 0 Å². The summed E-state index contributed by atoms with van der Waals surface area (Å²) in [7, 11) is -42.6. The molecule has 0 fully saturated rings. The number of hydrogen-bond acceptors (Lipinski definition) is 2. The van der Waals surface area contributed by atoms with Crippen LogP contribution in [0, 0.1) is 0 Å². The van der Waals surface area contributed by atoms with Gasteiger partial charge in [0, 0.05) is 59.7 Å². The van der Waals surface area contributed by atoms with Crippen LogP contribution in [0.4, 0.5) is 101 Å². The molecule has 0 aliphatic carbocycles. The average molecular weight is 1160 g/mol. The van der Waals surface area contributed by atoms with Gasteiger partial charge in [0.05, 0.1) is 0 Å². The molecule has 0 spiro atoms. The Morgan fingerprint density at radius 2 is 0.500 bits per heavy atom.